The van der Waals surface area contributed by atoms with Crippen molar-refractivity contribution in [2.24, 2.45) is 0 Å². The third-order valence-electron chi connectivity index (χ3n) is 4.74. The standard InChI is InChI=1S/C21H25N3O2/c1-16(17-8-3-2-4-9-17)14-20(25)22-23-21(26)15-24-13-7-11-18-10-5-6-12-19(18)24/h2-6,8-10,12,16H,7,11,13-15H2,1H3,(H,22,25)(H,23,26). The zero-order chi connectivity index (χ0) is 18.4. The van der Waals surface area contributed by atoms with Gasteiger partial charge in [0.05, 0.1) is 6.54 Å². The van der Waals surface area contributed by atoms with Gasteiger partial charge in [-0.2, -0.15) is 0 Å². The number of aryl methyl sites for hydroxylation is 1. The minimum atomic E-state index is -0.206. The normalized spacial score (nSPS) is 14.3. The summed E-state index contributed by atoms with van der Waals surface area (Å²) in [5.41, 5.74) is 8.56. The molecular formula is C21H25N3O2. The molecule has 0 aliphatic carbocycles. The number of benzene rings is 2. The van der Waals surface area contributed by atoms with E-state index in [9.17, 15) is 9.59 Å². The van der Waals surface area contributed by atoms with Crippen LogP contribution < -0.4 is 15.8 Å². The molecule has 0 aromatic heterocycles. The molecule has 0 saturated heterocycles. The van der Waals surface area contributed by atoms with Crippen LogP contribution in [0, 0.1) is 0 Å². The summed E-state index contributed by atoms with van der Waals surface area (Å²) in [5, 5.41) is 0. The molecule has 2 amide bonds. The molecule has 0 saturated carbocycles. The van der Waals surface area contributed by atoms with Crippen molar-refractivity contribution in [1.29, 1.82) is 0 Å². The largest absolute Gasteiger partial charge is 0.362 e. The number of hydrogen-bond donors (Lipinski definition) is 2. The van der Waals surface area contributed by atoms with Crippen LogP contribution in [0.15, 0.2) is 54.6 Å². The van der Waals surface area contributed by atoms with Gasteiger partial charge in [-0.1, -0.05) is 55.5 Å². The Morgan fingerprint density at radius 3 is 2.50 bits per heavy atom. The number of hydrogen-bond acceptors (Lipinski definition) is 3. The van der Waals surface area contributed by atoms with E-state index in [1.807, 2.05) is 55.5 Å². The Balaban J connectivity index is 1.46. The van der Waals surface area contributed by atoms with E-state index in [1.165, 1.54) is 5.56 Å². The van der Waals surface area contributed by atoms with Crippen LogP contribution in [0.5, 0.6) is 0 Å². The number of rotatable bonds is 5. The molecule has 0 radical (unpaired) electrons. The number of hydrazine groups is 1. The summed E-state index contributed by atoms with van der Waals surface area (Å²) in [6.07, 6.45) is 2.41. The van der Waals surface area contributed by atoms with E-state index >= 15 is 0 Å². The van der Waals surface area contributed by atoms with Crippen molar-refractivity contribution in [2.75, 3.05) is 18.0 Å². The van der Waals surface area contributed by atoms with Crippen molar-refractivity contribution in [3.05, 3.63) is 65.7 Å². The van der Waals surface area contributed by atoms with Crippen LogP contribution in [0.25, 0.3) is 0 Å². The van der Waals surface area contributed by atoms with Gasteiger partial charge in [0.25, 0.3) is 5.91 Å². The monoisotopic (exact) mass is 351 g/mol. The van der Waals surface area contributed by atoms with Crippen molar-refractivity contribution < 1.29 is 9.59 Å². The lowest BCUT2D eigenvalue weighted by molar-refractivity contribution is -0.128. The van der Waals surface area contributed by atoms with Gasteiger partial charge < -0.3 is 4.90 Å². The fourth-order valence-electron chi connectivity index (χ4n) is 3.36. The maximum atomic E-state index is 12.2. The lowest BCUT2D eigenvalue weighted by atomic mass is 9.98. The highest BCUT2D eigenvalue weighted by Crippen LogP contribution is 2.26. The van der Waals surface area contributed by atoms with E-state index in [4.69, 9.17) is 0 Å². The van der Waals surface area contributed by atoms with Crippen LogP contribution in [0.3, 0.4) is 0 Å². The molecule has 1 unspecified atom stereocenters. The molecule has 1 aliphatic heterocycles. The SMILES string of the molecule is CC(CC(=O)NNC(=O)CN1CCCc2ccccc21)c1ccccc1. The molecule has 2 aromatic carbocycles. The van der Waals surface area contributed by atoms with Crippen molar-refractivity contribution in [3.8, 4) is 0 Å². The Morgan fingerprint density at radius 2 is 1.69 bits per heavy atom. The lowest BCUT2D eigenvalue weighted by Gasteiger charge is -2.30. The van der Waals surface area contributed by atoms with E-state index in [2.05, 4.69) is 21.8 Å². The molecule has 3 rings (SSSR count). The summed E-state index contributed by atoms with van der Waals surface area (Å²) >= 11 is 0. The average molecular weight is 351 g/mol. The zero-order valence-corrected chi connectivity index (χ0v) is 15.1. The van der Waals surface area contributed by atoms with E-state index in [0.717, 1.165) is 30.6 Å². The van der Waals surface area contributed by atoms with E-state index in [0.29, 0.717) is 6.42 Å². The summed E-state index contributed by atoms with van der Waals surface area (Å²) < 4.78 is 0. The van der Waals surface area contributed by atoms with Crippen LogP contribution in [-0.2, 0) is 16.0 Å². The number of anilines is 1. The second kappa shape index (κ2) is 8.52. The number of fused-ring (bicyclic) bond motifs is 1. The maximum Gasteiger partial charge on any atom is 0.257 e. The van der Waals surface area contributed by atoms with Crippen LogP contribution in [-0.4, -0.2) is 24.9 Å². The van der Waals surface area contributed by atoms with Gasteiger partial charge in [-0.05, 0) is 36.0 Å². The lowest BCUT2D eigenvalue weighted by Crippen LogP contribution is -2.47. The van der Waals surface area contributed by atoms with Crippen molar-refractivity contribution in [2.45, 2.75) is 32.1 Å². The Labute approximate surface area is 154 Å². The fourth-order valence-corrected chi connectivity index (χ4v) is 3.36. The Hall–Kier alpha value is -2.82. The first-order chi connectivity index (χ1) is 12.6. The molecule has 0 fully saturated rings. The predicted molar refractivity (Wildman–Crippen MR) is 103 cm³/mol. The Kier molecular flexibility index (Phi) is 5.89. The molecule has 5 nitrogen and oxygen atoms in total. The molecule has 0 bridgehead atoms. The van der Waals surface area contributed by atoms with Crippen molar-refractivity contribution in [3.63, 3.8) is 0 Å². The van der Waals surface area contributed by atoms with Crippen LogP contribution in [0.2, 0.25) is 0 Å². The first-order valence-electron chi connectivity index (χ1n) is 9.09. The zero-order valence-electron chi connectivity index (χ0n) is 15.1. The summed E-state index contributed by atoms with van der Waals surface area (Å²) in [6, 6.07) is 18.0. The highest BCUT2D eigenvalue weighted by atomic mass is 16.2. The molecule has 0 spiro atoms. The summed E-state index contributed by atoms with van der Waals surface area (Å²) in [5.74, 6) is -0.293. The number of para-hydroxylation sites is 1. The van der Waals surface area contributed by atoms with E-state index in [-0.39, 0.29) is 24.3 Å². The Bertz CT molecular complexity index is 761. The van der Waals surface area contributed by atoms with Crippen LogP contribution >= 0.6 is 0 Å². The minimum absolute atomic E-state index is 0.0991. The van der Waals surface area contributed by atoms with Gasteiger partial charge in [0, 0.05) is 18.7 Å². The average Bonchev–Trinajstić information content (AvgIpc) is 2.67. The van der Waals surface area contributed by atoms with Gasteiger partial charge in [0.2, 0.25) is 5.91 Å². The highest BCUT2D eigenvalue weighted by molar-refractivity contribution is 5.85. The fraction of sp³-hybridized carbons (Fsp3) is 0.333. The number of nitrogens with zero attached hydrogens (tertiary/aromatic N) is 1. The van der Waals surface area contributed by atoms with Gasteiger partial charge in [-0.25, -0.2) is 0 Å². The predicted octanol–water partition coefficient (Wildman–Crippen LogP) is 2.78. The van der Waals surface area contributed by atoms with Gasteiger partial charge in [0.1, 0.15) is 0 Å². The highest BCUT2D eigenvalue weighted by Gasteiger charge is 2.19. The molecule has 26 heavy (non-hydrogen) atoms. The van der Waals surface area contributed by atoms with Crippen molar-refractivity contribution in [1.82, 2.24) is 10.9 Å². The minimum Gasteiger partial charge on any atom is -0.362 e. The quantitative estimate of drug-likeness (QED) is 0.815. The topological polar surface area (TPSA) is 61.4 Å². The molecule has 2 N–H and O–H groups in total. The second-order valence-corrected chi connectivity index (χ2v) is 6.77. The van der Waals surface area contributed by atoms with Gasteiger partial charge >= 0.3 is 0 Å². The van der Waals surface area contributed by atoms with Crippen LogP contribution in [0.4, 0.5) is 5.69 Å². The van der Waals surface area contributed by atoms with Gasteiger partial charge in [-0.15, -0.1) is 0 Å². The van der Waals surface area contributed by atoms with Crippen LogP contribution in [0.1, 0.15) is 36.8 Å². The molecule has 1 heterocycles. The molecule has 5 heteroatoms. The number of nitrogens with one attached hydrogen (secondary N) is 2. The number of carbonyl (C=O) groups is 2. The van der Waals surface area contributed by atoms with Gasteiger partial charge in [-0.3, -0.25) is 20.4 Å². The summed E-state index contributed by atoms with van der Waals surface area (Å²) in [6.45, 7) is 3.09. The molecule has 136 valence electrons. The number of amides is 2. The van der Waals surface area contributed by atoms with E-state index in [1.54, 1.807) is 0 Å². The maximum absolute atomic E-state index is 12.2. The van der Waals surface area contributed by atoms with E-state index < -0.39 is 0 Å². The smallest absolute Gasteiger partial charge is 0.257 e. The van der Waals surface area contributed by atoms with Crippen molar-refractivity contribution >= 4 is 17.5 Å². The molecule has 2 aromatic rings. The third-order valence-corrected chi connectivity index (χ3v) is 4.74. The number of carbonyl (C=O) groups excluding carboxylic acids is 2. The Morgan fingerprint density at radius 1 is 1.00 bits per heavy atom. The summed E-state index contributed by atoms with van der Waals surface area (Å²) in [7, 11) is 0. The molecule has 1 aliphatic rings. The second-order valence-electron chi connectivity index (χ2n) is 6.77. The summed E-state index contributed by atoms with van der Waals surface area (Å²) in [4.78, 5) is 26.4. The first kappa shape index (κ1) is 18.0. The first-order valence-corrected chi connectivity index (χ1v) is 9.09. The van der Waals surface area contributed by atoms with Gasteiger partial charge in [0.15, 0.2) is 0 Å². The molecular weight excluding hydrogens is 326 g/mol. The third kappa shape index (κ3) is 4.63. The molecule has 1 atom stereocenters.